The molecule has 3 amide bonds. The van der Waals surface area contributed by atoms with E-state index in [0.29, 0.717) is 44.9 Å². The van der Waals surface area contributed by atoms with E-state index in [1.165, 1.54) is 5.56 Å². The Morgan fingerprint density at radius 2 is 1.68 bits per heavy atom. The molecule has 1 aliphatic carbocycles. The van der Waals surface area contributed by atoms with Crippen LogP contribution in [0.15, 0.2) is 30.3 Å². The molecule has 1 aromatic carbocycles. The molecule has 4 atom stereocenters. The third-order valence-corrected chi connectivity index (χ3v) is 6.97. The minimum absolute atomic E-state index is 0.0450. The van der Waals surface area contributed by atoms with E-state index in [0.717, 1.165) is 19.3 Å². The normalized spacial score (nSPS) is 28.4. The Labute approximate surface area is 182 Å². The highest BCUT2D eigenvalue weighted by molar-refractivity contribution is 5.87. The van der Waals surface area contributed by atoms with Crippen LogP contribution < -0.4 is 5.48 Å². The minimum Gasteiger partial charge on any atom is -0.446 e. The molecule has 2 saturated heterocycles. The summed E-state index contributed by atoms with van der Waals surface area (Å²) in [6, 6.07) is 10.2. The molecule has 3 fully saturated rings. The highest BCUT2D eigenvalue weighted by Crippen LogP contribution is 2.36. The van der Waals surface area contributed by atoms with Gasteiger partial charge in [-0.2, -0.15) is 0 Å². The van der Waals surface area contributed by atoms with Crippen LogP contribution in [0.25, 0.3) is 0 Å². The number of carbonyl (C=O) groups excluding carboxylic acids is 3. The van der Waals surface area contributed by atoms with Crippen molar-refractivity contribution in [3.63, 3.8) is 0 Å². The number of hydrogen-bond donors (Lipinski definition) is 2. The van der Waals surface area contributed by atoms with Crippen LogP contribution in [0.3, 0.4) is 0 Å². The third kappa shape index (κ3) is 4.84. The Hall–Kier alpha value is -2.61. The second-order valence-corrected chi connectivity index (χ2v) is 8.88. The molecule has 2 aliphatic heterocycles. The van der Waals surface area contributed by atoms with Crippen LogP contribution >= 0.6 is 0 Å². The average Bonchev–Trinajstić information content (AvgIpc) is 3.51. The summed E-state index contributed by atoms with van der Waals surface area (Å²) in [6.45, 7) is 2.70. The van der Waals surface area contributed by atoms with Crippen LogP contribution in [-0.2, 0) is 14.3 Å². The Bertz CT molecular complexity index is 796. The first kappa shape index (κ1) is 21.6. The lowest BCUT2D eigenvalue weighted by molar-refractivity contribution is -0.148. The van der Waals surface area contributed by atoms with Gasteiger partial charge in [0.2, 0.25) is 11.8 Å². The van der Waals surface area contributed by atoms with Gasteiger partial charge in [0.05, 0.1) is 11.8 Å². The van der Waals surface area contributed by atoms with Gasteiger partial charge in [-0.05, 0) is 44.1 Å². The first-order valence-corrected chi connectivity index (χ1v) is 11.3. The van der Waals surface area contributed by atoms with E-state index in [9.17, 15) is 19.6 Å². The first-order chi connectivity index (χ1) is 15.1. The van der Waals surface area contributed by atoms with Crippen molar-refractivity contribution in [3.8, 4) is 0 Å². The molecule has 168 valence electrons. The van der Waals surface area contributed by atoms with E-state index in [-0.39, 0.29) is 18.4 Å². The van der Waals surface area contributed by atoms with Gasteiger partial charge in [-0.15, -0.1) is 0 Å². The van der Waals surface area contributed by atoms with Crippen molar-refractivity contribution in [1.82, 2.24) is 15.3 Å². The molecule has 1 aromatic rings. The van der Waals surface area contributed by atoms with Gasteiger partial charge in [0.15, 0.2) is 0 Å². The zero-order valence-electron chi connectivity index (χ0n) is 17.7. The summed E-state index contributed by atoms with van der Waals surface area (Å²) in [6.07, 6.45) is 3.34. The Morgan fingerprint density at radius 3 is 2.39 bits per heavy atom. The fraction of sp³-hybridized carbons (Fsp3) is 0.609. The average molecular weight is 430 g/mol. The van der Waals surface area contributed by atoms with E-state index in [4.69, 9.17) is 4.74 Å². The van der Waals surface area contributed by atoms with E-state index < -0.39 is 23.8 Å². The molecule has 31 heavy (non-hydrogen) atoms. The van der Waals surface area contributed by atoms with Gasteiger partial charge in [-0.1, -0.05) is 30.3 Å². The van der Waals surface area contributed by atoms with E-state index in [1.807, 2.05) is 23.1 Å². The van der Waals surface area contributed by atoms with E-state index >= 15 is 0 Å². The maximum absolute atomic E-state index is 13.3. The van der Waals surface area contributed by atoms with Gasteiger partial charge < -0.3 is 14.5 Å². The smallest absolute Gasteiger partial charge is 0.410 e. The number of ether oxygens (including phenoxy) is 1. The second-order valence-electron chi connectivity index (χ2n) is 8.88. The molecule has 0 aromatic heterocycles. The number of carbonyl (C=O) groups is 3. The Morgan fingerprint density at radius 1 is 0.935 bits per heavy atom. The minimum atomic E-state index is -0.710. The van der Waals surface area contributed by atoms with Crippen LogP contribution in [0.2, 0.25) is 0 Å². The molecule has 8 nitrogen and oxygen atoms in total. The van der Waals surface area contributed by atoms with Crippen molar-refractivity contribution in [3.05, 3.63) is 35.9 Å². The van der Waals surface area contributed by atoms with Crippen molar-refractivity contribution < 1.29 is 24.3 Å². The lowest BCUT2D eigenvalue weighted by Gasteiger charge is -2.36. The standard InChI is InChI=1S/C23H31N3O5/c27-21(24-30)20-14-18(31-23(29)25-11-4-5-12-25)8-9-19(20)22(28)26-13-10-17(15-26)16-6-2-1-3-7-16/h1-3,6-7,17-20,30H,4-5,8-15H2,(H,24,27). The third-order valence-electron chi connectivity index (χ3n) is 6.97. The topological polar surface area (TPSA) is 99.2 Å². The van der Waals surface area contributed by atoms with Crippen molar-refractivity contribution in [2.75, 3.05) is 26.2 Å². The SMILES string of the molecule is O=C(NO)C1CC(OC(=O)N2CCCC2)CCC1C(=O)N1CCC(c2ccccc2)C1. The first-order valence-electron chi connectivity index (χ1n) is 11.3. The molecule has 4 rings (SSSR count). The zero-order valence-corrected chi connectivity index (χ0v) is 17.7. The number of benzene rings is 1. The number of amides is 3. The number of nitrogens with one attached hydrogen (secondary N) is 1. The van der Waals surface area contributed by atoms with Crippen LogP contribution in [0.4, 0.5) is 4.79 Å². The van der Waals surface area contributed by atoms with Crippen molar-refractivity contribution in [2.45, 2.75) is 50.5 Å². The van der Waals surface area contributed by atoms with E-state index in [2.05, 4.69) is 12.1 Å². The monoisotopic (exact) mass is 429 g/mol. The second kappa shape index (κ2) is 9.68. The number of rotatable bonds is 4. The maximum atomic E-state index is 13.3. The largest absolute Gasteiger partial charge is 0.446 e. The number of likely N-dealkylation sites (tertiary alicyclic amines) is 2. The molecule has 0 radical (unpaired) electrons. The summed E-state index contributed by atoms with van der Waals surface area (Å²) in [7, 11) is 0. The van der Waals surface area contributed by atoms with Gasteiger partial charge in [0.1, 0.15) is 6.10 Å². The Kier molecular flexibility index (Phi) is 6.75. The molecule has 0 spiro atoms. The number of hydrogen-bond acceptors (Lipinski definition) is 5. The van der Waals surface area contributed by atoms with Crippen molar-refractivity contribution >= 4 is 17.9 Å². The van der Waals surface area contributed by atoms with Gasteiger partial charge in [-0.3, -0.25) is 14.8 Å². The van der Waals surface area contributed by atoms with Crippen LogP contribution in [0.1, 0.15) is 50.0 Å². The molecule has 3 aliphatic rings. The number of hydroxylamine groups is 1. The highest BCUT2D eigenvalue weighted by Gasteiger charge is 2.43. The molecule has 0 bridgehead atoms. The van der Waals surface area contributed by atoms with Gasteiger partial charge in [0, 0.05) is 32.1 Å². The van der Waals surface area contributed by atoms with Crippen molar-refractivity contribution in [1.29, 1.82) is 0 Å². The highest BCUT2D eigenvalue weighted by atomic mass is 16.6. The fourth-order valence-corrected chi connectivity index (χ4v) is 5.22. The van der Waals surface area contributed by atoms with Crippen molar-refractivity contribution in [2.24, 2.45) is 11.8 Å². The summed E-state index contributed by atoms with van der Waals surface area (Å²) >= 11 is 0. The van der Waals surface area contributed by atoms with Gasteiger partial charge in [0.25, 0.3) is 0 Å². The summed E-state index contributed by atoms with van der Waals surface area (Å²) < 4.78 is 5.63. The molecule has 4 unspecified atom stereocenters. The molecule has 2 heterocycles. The summed E-state index contributed by atoms with van der Waals surface area (Å²) in [5.74, 6) is -1.55. The zero-order chi connectivity index (χ0) is 21.8. The summed E-state index contributed by atoms with van der Waals surface area (Å²) in [4.78, 5) is 41.5. The maximum Gasteiger partial charge on any atom is 0.410 e. The predicted molar refractivity (Wildman–Crippen MR) is 112 cm³/mol. The molecular formula is C23H31N3O5. The van der Waals surface area contributed by atoms with Crippen LogP contribution in [0, 0.1) is 11.8 Å². The van der Waals surface area contributed by atoms with Crippen LogP contribution in [-0.4, -0.2) is 65.2 Å². The predicted octanol–water partition coefficient (Wildman–Crippen LogP) is 2.53. The molecule has 1 saturated carbocycles. The van der Waals surface area contributed by atoms with Gasteiger partial charge in [-0.25, -0.2) is 10.3 Å². The summed E-state index contributed by atoms with van der Waals surface area (Å²) in [5.41, 5.74) is 2.94. The molecular weight excluding hydrogens is 398 g/mol. The molecule has 2 N–H and O–H groups in total. The fourth-order valence-electron chi connectivity index (χ4n) is 5.22. The van der Waals surface area contributed by atoms with Gasteiger partial charge >= 0.3 is 6.09 Å². The number of nitrogens with zero attached hydrogens (tertiary/aromatic N) is 2. The Balaban J connectivity index is 1.38. The quantitative estimate of drug-likeness (QED) is 0.566. The molecule has 8 heteroatoms. The van der Waals surface area contributed by atoms with Crippen LogP contribution in [0.5, 0.6) is 0 Å². The summed E-state index contributed by atoms with van der Waals surface area (Å²) in [5, 5.41) is 9.24. The van der Waals surface area contributed by atoms with E-state index in [1.54, 1.807) is 10.4 Å². The lowest BCUT2D eigenvalue weighted by atomic mass is 9.76. The lowest BCUT2D eigenvalue weighted by Crippen LogP contribution is -2.47.